The Morgan fingerprint density at radius 1 is 1.44 bits per heavy atom. The molecule has 0 aliphatic carbocycles. The second-order valence-electron chi connectivity index (χ2n) is 4.02. The maximum absolute atomic E-state index is 13.5. The maximum atomic E-state index is 13.5. The van der Waals surface area contributed by atoms with Crippen LogP contribution in [0.4, 0.5) is 4.39 Å². The summed E-state index contributed by atoms with van der Waals surface area (Å²) in [5.41, 5.74) is 0.830. The molecule has 1 aromatic rings. The lowest BCUT2D eigenvalue weighted by Gasteiger charge is -2.16. The lowest BCUT2D eigenvalue weighted by molar-refractivity contribution is -0.159. The molecule has 0 aliphatic rings. The van der Waals surface area contributed by atoms with Crippen molar-refractivity contribution in [3.05, 3.63) is 28.2 Å². The minimum Gasteiger partial charge on any atom is -0.461 e. The number of halogens is 2. The van der Waals surface area contributed by atoms with Crippen LogP contribution in [-0.4, -0.2) is 18.9 Å². The number of hydrogen-bond donors (Lipinski definition) is 0. The number of carbonyl (C=O) groups is 1. The van der Waals surface area contributed by atoms with Gasteiger partial charge in [-0.2, -0.15) is 4.39 Å². The number of benzene rings is 1. The van der Waals surface area contributed by atoms with Crippen LogP contribution in [0.1, 0.15) is 32.3 Å². The van der Waals surface area contributed by atoms with E-state index >= 15 is 0 Å². The fourth-order valence-corrected chi connectivity index (χ4v) is 1.82. The van der Waals surface area contributed by atoms with Crippen molar-refractivity contribution in [2.24, 2.45) is 0 Å². The van der Waals surface area contributed by atoms with Crippen LogP contribution in [0.2, 0.25) is 0 Å². The smallest absolute Gasteiger partial charge is 0.381 e. The fourth-order valence-electron chi connectivity index (χ4n) is 1.45. The second-order valence-corrected chi connectivity index (χ2v) is 4.94. The van der Waals surface area contributed by atoms with Gasteiger partial charge in [0, 0.05) is 4.47 Å². The van der Waals surface area contributed by atoms with E-state index in [1.165, 1.54) is 0 Å². The first-order valence-electron chi connectivity index (χ1n) is 5.72. The molecule has 0 spiro atoms. The molecule has 18 heavy (non-hydrogen) atoms. The van der Waals surface area contributed by atoms with Gasteiger partial charge in [-0.15, -0.1) is 0 Å². The normalized spacial score (nSPS) is 12.3. The van der Waals surface area contributed by atoms with Gasteiger partial charge in [0.15, 0.2) is 0 Å². The molecule has 3 nitrogen and oxygen atoms in total. The number of hydrogen-bond acceptors (Lipinski definition) is 3. The average Bonchev–Trinajstić information content (AvgIpc) is 2.31. The molecule has 0 aliphatic heterocycles. The van der Waals surface area contributed by atoms with E-state index in [1.54, 1.807) is 19.1 Å². The number of esters is 1. The summed E-state index contributed by atoms with van der Waals surface area (Å²) in [6.45, 7) is 5.67. The Bertz CT molecular complexity index is 421. The van der Waals surface area contributed by atoms with Crippen molar-refractivity contribution in [3.8, 4) is 5.75 Å². The van der Waals surface area contributed by atoms with Crippen molar-refractivity contribution in [1.82, 2.24) is 0 Å². The highest BCUT2D eigenvalue weighted by molar-refractivity contribution is 9.10. The Morgan fingerprint density at radius 3 is 2.67 bits per heavy atom. The molecule has 0 N–H and O–H groups in total. The number of ether oxygens (including phenoxy) is 2. The number of alkyl halides is 1. The number of rotatable bonds is 5. The highest BCUT2D eigenvalue weighted by Gasteiger charge is 2.22. The van der Waals surface area contributed by atoms with Crippen molar-refractivity contribution in [3.63, 3.8) is 0 Å². The van der Waals surface area contributed by atoms with E-state index in [2.05, 4.69) is 20.7 Å². The third-order valence-electron chi connectivity index (χ3n) is 2.30. The lowest BCUT2D eigenvalue weighted by atomic mass is 10.0. The quantitative estimate of drug-likeness (QED) is 0.774. The molecule has 1 aromatic carbocycles. The molecule has 0 radical (unpaired) electrons. The van der Waals surface area contributed by atoms with E-state index in [0.717, 1.165) is 10.0 Å². The van der Waals surface area contributed by atoms with Gasteiger partial charge in [0.1, 0.15) is 5.75 Å². The predicted molar refractivity (Wildman–Crippen MR) is 70.4 cm³/mol. The average molecular weight is 319 g/mol. The summed E-state index contributed by atoms with van der Waals surface area (Å²) in [5, 5.41) is 0. The summed E-state index contributed by atoms with van der Waals surface area (Å²) in [6, 6.07) is 5.21. The SMILES string of the molecule is CCOC(=O)C(F)Oc1ccc(Br)cc1C(C)C. The molecule has 5 heteroatoms. The van der Waals surface area contributed by atoms with Crippen LogP contribution in [0.3, 0.4) is 0 Å². The van der Waals surface area contributed by atoms with Crippen LogP contribution in [0, 0.1) is 0 Å². The van der Waals surface area contributed by atoms with Crippen molar-refractivity contribution in [2.45, 2.75) is 33.0 Å². The Labute approximate surface area is 114 Å². The zero-order chi connectivity index (χ0) is 13.7. The monoisotopic (exact) mass is 318 g/mol. The van der Waals surface area contributed by atoms with Gasteiger partial charge in [0.05, 0.1) is 6.61 Å². The van der Waals surface area contributed by atoms with E-state index in [0.29, 0.717) is 5.75 Å². The summed E-state index contributed by atoms with van der Waals surface area (Å²) in [4.78, 5) is 11.2. The fraction of sp³-hybridized carbons (Fsp3) is 0.462. The van der Waals surface area contributed by atoms with Crippen molar-refractivity contribution in [2.75, 3.05) is 6.61 Å². The standard InChI is InChI=1S/C13H16BrFO3/c1-4-17-13(16)12(15)18-11-6-5-9(14)7-10(11)8(2)3/h5-8,12H,4H2,1-3H3. The summed E-state index contributed by atoms with van der Waals surface area (Å²) in [6.07, 6.45) is -2.09. The van der Waals surface area contributed by atoms with Gasteiger partial charge in [-0.1, -0.05) is 29.8 Å². The van der Waals surface area contributed by atoms with Gasteiger partial charge in [0.25, 0.3) is 0 Å². The summed E-state index contributed by atoms with van der Waals surface area (Å²) in [5.74, 6) is -0.490. The lowest BCUT2D eigenvalue weighted by Crippen LogP contribution is -2.25. The van der Waals surface area contributed by atoms with E-state index < -0.39 is 12.3 Å². The largest absolute Gasteiger partial charge is 0.461 e. The highest BCUT2D eigenvalue weighted by Crippen LogP contribution is 2.30. The molecule has 1 unspecified atom stereocenters. The zero-order valence-electron chi connectivity index (χ0n) is 10.6. The van der Waals surface area contributed by atoms with Gasteiger partial charge in [-0.05, 0) is 36.6 Å². The summed E-state index contributed by atoms with van der Waals surface area (Å²) < 4.78 is 24.0. The van der Waals surface area contributed by atoms with Crippen molar-refractivity contribution < 1.29 is 18.7 Å². The maximum Gasteiger partial charge on any atom is 0.381 e. The molecule has 0 aromatic heterocycles. The Morgan fingerprint density at radius 2 is 2.11 bits per heavy atom. The molecule has 0 heterocycles. The van der Waals surface area contributed by atoms with Gasteiger partial charge in [0.2, 0.25) is 0 Å². The molecule has 1 rings (SSSR count). The summed E-state index contributed by atoms with van der Waals surface area (Å²) >= 11 is 3.34. The van der Waals surface area contributed by atoms with E-state index in [1.807, 2.05) is 19.9 Å². The Kier molecular flexibility index (Phi) is 5.59. The molecular weight excluding hydrogens is 303 g/mol. The van der Waals surface area contributed by atoms with Crippen LogP contribution in [-0.2, 0) is 9.53 Å². The first-order chi connectivity index (χ1) is 8.45. The molecule has 0 saturated heterocycles. The van der Waals surface area contributed by atoms with Crippen molar-refractivity contribution in [1.29, 1.82) is 0 Å². The van der Waals surface area contributed by atoms with Crippen LogP contribution in [0.15, 0.2) is 22.7 Å². The Hall–Kier alpha value is -1.10. The third kappa shape index (κ3) is 3.98. The van der Waals surface area contributed by atoms with E-state index in [9.17, 15) is 9.18 Å². The van der Waals surface area contributed by atoms with Gasteiger partial charge < -0.3 is 9.47 Å². The topological polar surface area (TPSA) is 35.5 Å². The van der Waals surface area contributed by atoms with Gasteiger partial charge in [-0.25, -0.2) is 4.79 Å². The summed E-state index contributed by atoms with van der Waals surface area (Å²) in [7, 11) is 0. The Balaban J connectivity index is 2.87. The van der Waals surface area contributed by atoms with Crippen LogP contribution < -0.4 is 4.74 Å². The molecule has 0 amide bonds. The molecule has 0 saturated carbocycles. The molecule has 0 bridgehead atoms. The van der Waals surface area contributed by atoms with E-state index in [-0.39, 0.29) is 12.5 Å². The van der Waals surface area contributed by atoms with Crippen molar-refractivity contribution >= 4 is 21.9 Å². The third-order valence-corrected chi connectivity index (χ3v) is 2.79. The van der Waals surface area contributed by atoms with E-state index in [4.69, 9.17) is 4.74 Å². The molecule has 0 fully saturated rings. The van der Waals surface area contributed by atoms with Gasteiger partial charge >= 0.3 is 12.3 Å². The molecule has 100 valence electrons. The van der Waals surface area contributed by atoms with Crippen LogP contribution in [0.5, 0.6) is 5.75 Å². The van der Waals surface area contributed by atoms with Crippen LogP contribution >= 0.6 is 15.9 Å². The minimum atomic E-state index is -2.09. The first-order valence-corrected chi connectivity index (χ1v) is 6.51. The number of carbonyl (C=O) groups excluding carboxylic acids is 1. The zero-order valence-corrected chi connectivity index (χ0v) is 12.2. The molecular formula is C13H16BrFO3. The first kappa shape index (κ1) is 15.0. The molecule has 1 atom stereocenters. The minimum absolute atomic E-state index is 0.125. The highest BCUT2D eigenvalue weighted by atomic mass is 79.9. The second kappa shape index (κ2) is 6.73. The van der Waals surface area contributed by atoms with Gasteiger partial charge in [-0.3, -0.25) is 0 Å². The van der Waals surface area contributed by atoms with Crippen LogP contribution in [0.25, 0.3) is 0 Å². The predicted octanol–water partition coefficient (Wildman–Crippen LogP) is 3.81.